The first kappa shape index (κ1) is 14.6. The maximum atomic E-state index is 9.26. The first-order valence-electron chi connectivity index (χ1n) is 6.89. The molecule has 0 aliphatic carbocycles. The molecule has 20 heavy (non-hydrogen) atoms. The van der Waals surface area contributed by atoms with Crippen LogP contribution in [0.5, 0.6) is 5.75 Å². The molecule has 0 amide bonds. The highest BCUT2D eigenvalue weighted by Gasteiger charge is 2.04. The Labute approximate surface area is 120 Å². The van der Waals surface area contributed by atoms with Crippen LogP contribution >= 0.6 is 0 Å². The smallest absolute Gasteiger partial charge is 0.124 e. The van der Waals surface area contributed by atoms with Gasteiger partial charge in [0.2, 0.25) is 0 Å². The number of nitrogens with one attached hydrogen (secondary N) is 1. The molecule has 3 heteroatoms. The van der Waals surface area contributed by atoms with E-state index in [0.717, 1.165) is 16.9 Å². The van der Waals surface area contributed by atoms with Crippen LogP contribution in [0.3, 0.4) is 0 Å². The van der Waals surface area contributed by atoms with Gasteiger partial charge in [-0.15, -0.1) is 0 Å². The normalized spacial score (nSPS) is 12.1. The van der Waals surface area contributed by atoms with Crippen molar-refractivity contribution in [1.82, 2.24) is 5.32 Å². The Hall–Kier alpha value is -1.84. The van der Waals surface area contributed by atoms with Gasteiger partial charge in [-0.1, -0.05) is 48.5 Å². The number of hydrogen-bond acceptors (Lipinski definition) is 3. The van der Waals surface area contributed by atoms with E-state index >= 15 is 0 Å². The van der Waals surface area contributed by atoms with Crippen LogP contribution in [-0.4, -0.2) is 17.8 Å². The van der Waals surface area contributed by atoms with Crippen LogP contribution in [0.4, 0.5) is 0 Å². The summed E-state index contributed by atoms with van der Waals surface area (Å²) in [6.07, 6.45) is -0.340. The minimum absolute atomic E-state index is 0.340. The van der Waals surface area contributed by atoms with Crippen molar-refractivity contribution < 1.29 is 9.84 Å². The molecule has 1 atom stereocenters. The number of aliphatic hydroxyl groups is 1. The minimum atomic E-state index is -0.340. The van der Waals surface area contributed by atoms with E-state index in [0.29, 0.717) is 19.7 Å². The minimum Gasteiger partial charge on any atom is -0.489 e. The predicted molar refractivity (Wildman–Crippen MR) is 80.6 cm³/mol. The summed E-state index contributed by atoms with van der Waals surface area (Å²) in [6.45, 7) is 3.60. The van der Waals surface area contributed by atoms with Gasteiger partial charge < -0.3 is 15.2 Å². The Morgan fingerprint density at radius 1 is 1.05 bits per heavy atom. The predicted octanol–water partition coefficient (Wildman–Crippen LogP) is 2.74. The lowest BCUT2D eigenvalue weighted by molar-refractivity contribution is 0.190. The fourth-order valence-electron chi connectivity index (χ4n) is 1.94. The summed E-state index contributed by atoms with van der Waals surface area (Å²) < 4.78 is 5.88. The van der Waals surface area contributed by atoms with Crippen molar-refractivity contribution in [3.63, 3.8) is 0 Å². The summed E-state index contributed by atoms with van der Waals surface area (Å²) in [5.41, 5.74) is 2.25. The molecule has 0 heterocycles. The monoisotopic (exact) mass is 271 g/mol. The second-order valence-electron chi connectivity index (χ2n) is 4.86. The second-order valence-corrected chi connectivity index (χ2v) is 4.86. The van der Waals surface area contributed by atoms with Gasteiger partial charge >= 0.3 is 0 Å². The maximum Gasteiger partial charge on any atom is 0.124 e. The number of para-hydroxylation sites is 1. The molecule has 106 valence electrons. The lowest BCUT2D eigenvalue weighted by atomic mass is 10.2. The number of hydrogen-bond donors (Lipinski definition) is 2. The van der Waals surface area contributed by atoms with E-state index in [9.17, 15) is 5.11 Å². The molecule has 0 bridgehead atoms. The molecule has 0 aromatic heterocycles. The Morgan fingerprint density at radius 2 is 1.75 bits per heavy atom. The van der Waals surface area contributed by atoms with Crippen molar-refractivity contribution >= 4 is 0 Å². The SMILES string of the molecule is CC(O)CNCc1ccccc1OCc1ccccc1. The quantitative estimate of drug-likeness (QED) is 0.813. The van der Waals surface area contributed by atoms with Crippen LogP contribution in [0.25, 0.3) is 0 Å². The number of aliphatic hydroxyl groups excluding tert-OH is 1. The van der Waals surface area contributed by atoms with Crippen LogP contribution in [0, 0.1) is 0 Å². The third kappa shape index (κ3) is 4.68. The van der Waals surface area contributed by atoms with E-state index in [1.54, 1.807) is 6.92 Å². The van der Waals surface area contributed by atoms with Crippen molar-refractivity contribution in [2.45, 2.75) is 26.2 Å². The molecule has 1 unspecified atom stereocenters. The van der Waals surface area contributed by atoms with E-state index in [1.807, 2.05) is 54.6 Å². The average Bonchev–Trinajstić information content (AvgIpc) is 2.47. The van der Waals surface area contributed by atoms with Gasteiger partial charge in [0, 0.05) is 18.7 Å². The zero-order chi connectivity index (χ0) is 14.2. The molecular weight excluding hydrogens is 250 g/mol. The molecule has 0 saturated carbocycles. The van der Waals surface area contributed by atoms with E-state index in [-0.39, 0.29) is 6.10 Å². The molecule has 0 fully saturated rings. The summed E-state index contributed by atoms with van der Waals surface area (Å²) in [5, 5.41) is 12.5. The van der Waals surface area contributed by atoms with Gasteiger partial charge in [0.25, 0.3) is 0 Å². The molecule has 0 aliphatic rings. The Morgan fingerprint density at radius 3 is 2.50 bits per heavy atom. The van der Waals surface area contributed by atoms with E-state index < -0.39 is 0 Å². The lowest BCUT2D eigenvalue weighted by Gasteiger charge is -2.13. The number of ether oxygens (including phenoxy) is 1. The van der Waals surface area contributed by atoms with E-state index in [1.165, 1.54) is 0 Å². The Balaban J connectivity index is 1.93. The summed E-state index contributed by atoms with van der Waals surface area (Å²) in [5.74, 6) is 0.884. The molecule has 2 aromatic carbocycles. The van der Waals surface area contributed by atoms with Crippen LogP contribution in [0.2, 0.25) is 0 Å². The van der Waals surface area contributed by atoms with Crippen molar-refractivity contribution in [1.29, 1.82) is 0 Å². The van der Waals surface area contributed by atoms with E-state index in [4.69, 9.17) is 4.74 Å². The molecular formula is C17H21NO2. The largest absolute Gasteiger partial charge is 0.489 e. The van der Waals surface area contributed by atoms with Gasteiger partial charge in [-0.2, -0.15) is 0 Å². The lowest BCUT2D eigenvalue weighted by Crippen LogP contribution is -2.24. The first-order chi connectivity index (χ1) is 9.75. The van der Waals surface area contributed by atoms with E-state index in [2.05, 4.69) is 5.32 Å². The van der Waals surface area contributed by atoms with Gasteiger partial charge in [-0.25, -0.2) is 0 Å². The van der Waals surface area contributed by atoms with Crippen LogP contribution in [-0.2, 0) is 13.2 Å². The number of benzene rings is 2. The second kappa shape index (κ2) is 7.68. The third-order valence-electron chi connectivity index (χ3n) is 2.96. The van der Waals surface area contributed by atoms with Gasteiger partial charge in [-0.3, -0.25) is 0 Å². The standard InChI is InChI=1S/C17H21NO2/c1-14(19)11-18-12-16-9-5-6-10-17(16)20-13-15-7-3-2-4-8-15/h2-10,14,18-19H,11-13H2,1H3. The van der Waals surface area contributed by atoms with Crippen LogP contribution in [0.1, 0.15) is 18.1 Å². The summed E-state index contributed by atoms with van der Waals surface area (Å²) >= 11 is 0. The zero-order valence-electron chi connectivity index (χ0n) is 11.8. The van der Waals surface area contributed by atoms with Crippen molar-refractivity contribution in [3.8, 4) is 5.75 Å². The fraction of sp³-hybridized carbons (Fsp3) is 0.294. The molecule has 3 nitrogen and oxygen atoms in total. The Kier molecular flexibility index (Phi) is 5.59. The van der Waals surface area contributed by atoms with Crippen LogP contribution in [0.15, 0.2) is 54.6 Å². The summed E-state index contributed by atoms with van der Waals surface area (Å²) in [6, 6.07) is 18.1. The van der Waals surface area contributed by atoms with Gasteiger partial charge in [0.05, 0.1) is 6.10 Å². The van der Waals surface area contributed by atoms with Gasteiger partial charge in [-0.05, 0) is 18.6 Å². The molecule has 0 radical (unpaired) electrons. The molecule has 0 spiro atoms. The van der Waals surface area contributed by atoms with Crippen molar-refractivity contribution in [2.75, 3.05) is 6.54 Å². The zero-order valence-corrected chi connectivity index (χ0v) is 11.8. The van der Waals surface area contributed by atoms with Gasteiger partial charge in [0.15, 0.2) is 0 Å². The highest BCUT2D eigenvalue weighted by atomic mass is 16.5. The maximum absolute atomic E-state index is 9.26. The molecule has 2 aromatic rings. The number of rotatable bonds is 7. The first-order valence-corrected chi connectivity index (χ1v) is 6.89. The molecule has 2 rings (SSSR count). The molecule has 2 N–H and O–H groups in total. The summed E-state index contributed by atoms with van der Waals surface area (Å²) in [7, 11) is 0. The topological polar surface area (TPSA) is 41.5 Å². The van der Waals surface area contributed by atoms with Crippen LogP contribution < -0.4 is 10.1 Å². The van der Waals surface area contributed by atoms with Crippen molar-refractivity contribution in [2.24, 2.45) is 0 Å². The molecule has 0 aliphatic heterocycles. The summed E-state index contributed by atoms with van der Waals surface area (Å²) in [4.78, 5) is 0. The Bertz CT molecular complexity index is 511. The highest BCUT2D eigenvalue weighted by molar-refractivity contribution is 5.33. The third-order valence-corrected chi connectivity index (χ3v) is 2.96. The van der Waals surface area contributed by atoms with Crippen molar-refractivity contribution in [3.05, 3.63) is 65.7 Å². The average molecular weight is 271 g/mol. The highest BCUT2D eigenvalue weighted by Crippen LogP contribution is 2.19. The molecule has 0 saturated heterocycles. The fourth-order valence-corrected chi connectivity index (χ4v) is 1.94. The van der Waals surface area contributed by atoms with Gasteiger partial charge in [0.1, 0.15) is 12.4 Å².